The fourth-order valence-corrected chi connectivity index (χ4v) is 11.9. The molecular weight excluding hydrogens is 1160 g/mol. The fraction of sp³-hybridized carbons (Fsp3) is 0.942. The highest BCUT2D eigenvalue weighted by Crippen LogP contribution is 2.45. The summed E-state index contributed by atoms with van der Waals surface area (Å²) in [6.45, 7) is 14.0. The third kappa shape index (κ3) is 61.6. The first-order valence-electron chi connectivity index (χ1n) is 35.7. The first-order chi connectivity index (χ1) is 42.1. The Morgan fingerprint density at radius 1 is 0.318 bits per heavy atom. The van der Waals surface area contributed by atoms with Gasteiger partial charge in [-0.15, -0.1) is 0 Å². The van der Waals surface area contributed by atoms with E-state index in [2.05, 4.69) is 55.4 Å². The number of hydrogen-bond acceptors (Lipinski definition) is 15. The number of unbranched alkanes of at least 4 members (excludes halogenated alkanes) is 31. The van der Waals surface area contributed by atoms with E-state index in [1.807, 2.05) is 0 Å². The van der Waals surface area contributed by atoms with E-state index in [1.54, 1.807) is 0 Å². The fourth-order valence-electron chi connectivity index (χ4n) is 10.3. The Balaban J connectivity index is 5.24. The number of phosphoric acid groups is 2. The Kier molecular flexibility index (Phi) is 57.6. The van der Waals surface area contributed by atoms with Gasteiger partial charge in [0, 0.05) is 25.7 Å². The zero-order chi connectivity index (χ0) is 65.4. The standard InChI is InChI=1S/C69H134O17P2/c1-9-62(8)48-40-32-24-17-19-27-35-43-51-68(73)85-64(55-80-67(72)50-42-34-26-18-16-22-30-38-46-60(4)5)57-83-87(75,76)81-53-63(70)54-82-88(77,78)84-58-65(86-69(74)52-44-36-28-20-23-31-39-47-61(6)7)56-79-66(71)49-41-33-25-15-13-11-10-12-14-21-29-37-45-59(2)3/h59-65,70H,9-58H2,1-8H3,(H,75,76)(H,77,78)/t62?,63?,64-,65-/m1/s1. The molecule has 3 N–H and O–H groups in total. The van der Waals surface area contributed by atoms with Crippen LogP contribution in [-0.4, -0.2) is 96.7 Å². The Bertz CT molecular complexity index is 1750. The van der Waals surface area contributed by atoms with Crippen LogP contribution >= 0.6 is 15.6 Å². The molecule has 4 unspecified atom stereocenters. The molecule has 0 amide bonds. The van der Waals surface area contributed by atoms with Gasteiger partial charge in [-0.3, -0.25) is 37.3 Å². The van der Waals surface area contributed by atoms with Gasteiger partial charge in [-0.25, -0.2) is 9.13 Å². The molecule has 0 saturated heterocycles. The Labute approximate surface area is 537 Å². The van der Waals surface area contributed by atoms with Crippen LogP contribution in [0.5, 0.6) is 0 Å². The van der Waals surface area contributed by atoms with Crippen molar-refractivity contribution in [1.82, 2.24) is 0 Å². The summed E-state index contributed by atoms with van der Waals surface area (Å²) in [5, 5.41) is 10.6. The summed E-state index contributed by atoms with van der Waals surface area (Å²) in [7, 11) is -9.90. The summed E-state index contributed by atoms with van der Waals surface area (Å²) in [5.74, 6) is 0.839. The SMILES string of the molecule is CCC(C)CCCCCCCCCCC(=O)O[C@H](COC(=O)CCCCCCCCCCC(C)C)COP(=O)(O)OCC(O)COP(=O)(O)OC[C@@H](COC(=O)CCCCCCCCCCCCCCC(C)C)OC(=O)CCCCCCCCCC(C)C. The normalized spacial score (nSPS) is 14.6. The smallest absolute Gasteiger partial charge is 0.462 e. The van der Waals surface area contributed by atoms with Gasteiger partial charge in [0.1, 0.15) is 19.3 Å². The van der Waals surface area contributed by atoms with E-state index in [4.69, 9.17) is 37.0 Å². The number of hydrogen-bond donors (Lipinski definition) is 3. The number of esters is 4. The maximum absolute atomic E-state index is 13.0. The van der Waals surface area contributed by atoms with Crippen molar-refractivity contribution in [3.05, 3.63) is 0 Å². The van der Waals surface area contributed by atoms with Crippen molar-refractivity contribution in [2.45, 2.75) is 356 Å². The van der Waals surface area contributed by atoms with Crippen LogP contribution in [0.25, 0.3) is 0 Å². The number of rotatable bonds is 66. The number of carbonyl (C=O) groups is 4. The molecule has 0 aliphatic rings. The van der Waals surface area contributed by atoms with Gasteiger partial charge in [-0.05, 0) is 49.4 Å². The monoisotopic (exact) mass is 1300 g/mol. The minimum atomic E-state index is -4.95. The number of ether oxygens (including phenoxy) is 4. The predicted molar refractivity (Wildman–Crippen MR) is 354 cm³/mol. The molecule has 522 valence electrons. The van der Waals surface area contributed by atoms with E-state index < -0.39 is 97.5 Å². The van der Waals surface area contributed by atoms with Crippen LogP contribution < -0.4 is 0 Å². The van der Waals surface area contributed by atoms with Gasteiger partial charge in [0.2, 0.25) is 0 Å². The third-order valence-electron chi connectivity index (χ3n) is 16.2. The Morgan fingerprint density at radius 2 is 0.545 bits per heavy atom. The molecule has 0 heterocycles. The van der Waals surface area contributed by atoms with Crippen LogP contribution in [0.2, 0.25) is 0 Å². The molecule has 0 rings (SSSR count). The number of aliphatic hydroxyl groups is 1. The zero-order valence-electron chi connectivity index (χ0n) is 57.3. The van der Waals surface area contributed by atoms with Crippen LogP contribution in [0.15, 0.2) is 0 Å². The summed E-state index contributed by atoms with van der Waals surface area (Å²) in [6.07, 6.45) is 40.4. The molecular formula is C69H134O17P2. The predicted octanol–water partition coefficient (Wildman–Crippen LogP) is 19.3. The molecule has 19 heteroatoms. The van der Waals surface area contributed by atoms with Crippen LogP contribution in [0.4, 0.5) is 0 Å². The van der Waals surface area contributed by atoms with Gasteiger partial charge in [0.15, 0.2) is 12.2 Å². The van der Waals surface area contributed by atoms with Gasteiger partial charge in [0.05, 0.1) is 26.4 Å². The summed E-state index contributed by atoms with van der Waals surface area (Å²) < 4.78 is 68.2. The van der Waals surface area contributed by atoms with E-state index >= 15 is 0 Å². The molecule has 0 saturated carbocycles. The quantitative estimate of drug-likeness (QED) is 0.0222. The molecule has 0 aromatic carbocycles. The molecule has 0 aromatic rings. The lowest BCUT2D eigenvalue weighted by Crippen LogP contribution is -2.30. The van der Waals surface area contributed by atoms with E-state index in [-0.39, 0.29) is 25.7 Å². The van der Waals surface area contributed by atoms with Crippen molar-refractivity contribution in [3.63, 3.8) is 0 Å². The summed E-state index contributed by atoms with van der Waals surface area (Å²) in [6, 6.07) is 0. The molecule has 0 aliphatic heterocycles. The Morgan fingerprint density at radius 3 is 0.807 bits per heavy atom. The highest BCUT2D eigenvalue weighted by molar-refractivity contribution is 7.47. The lowest BCUT2D eigenvalue weighted by atomic mass is 9.99. The molecule has 6 atom stereocenters. The second kappa shape index (κ2) is 58.8. The van der Waals surface area contributed by atoms with E-state index in [0.717, 1.165) is 108 Å². The maximum Gasteiger partial charge on any atom is 0.472 e. The van der Waals surface area contributed by atoms with Gasteiger partial charge >= 0.3 is 39.5 Å². The molecule has 0 bridgehead atoms. The molecule has 0 fully saturated rings. The van der Waals surface area contributed by atoms with Gasteiger partial charge in [0.25, 0.3) is 0 Å². The van der Waals surface area contributed by atoms with Crippen LogP contribution in [0, 0.1) is 23.7 Å². The summed E-state index contributed by atoms with van der Waals surface area (Å²) in [5.41, 5.74) is 0. The minimum Gasteiger partial charge on any atom is -0.462 e. The van der Waals surface area contributed by atoms with Gasteiger partial charge in [-0.2, -0.15) is 0 Å². The van der Waals surface area contributed by atoms with Gasteiger partial charge < -0.3 is 33.8 Å². The van der Waals surface area contributed by atoms with Gasteiger partial charge in [-0.1, -0.05) is 287 Å². The van der Waals surface area contributed by atoms with Crippen LogP contribution in [-0.2, 0) is 65.4 Å². The van der Waals surface area contributed by atoms with Crippen molar-refractivity contribution < 1.29 is 80.2 Å². The number of aliphatic hydroxyl groups excluding tert-OH is 1. The average Bonchev–Trinajstić information content (AvgIpc) is 3.66. The molecule has 0 aliphatic carbocycles. The topological polar surface area (TPSA) is 237 Å². The van der Waals surface area contributed by atoms with Crippen molar-refractivity contribution in [3.8, 4) is 0 Å². The summed E-state index contributed by atoms with van der Waals surface area (Å²) >= 11 is 0. The number of carbonyl (C=O) groups excluding carboxylic acids is 4. The second-order valence-electron chi connectivity index (χ2n) is 26.6. The third-order valence-corrected chi connectivity index (χ3v) is 18.1. The highest BCUT2D eigenvalue weighted by Gasteiger charge is 2.30. The first-order valence-corrected chi connectivity index (χ1v) is 38.7. The van der Waals surface area contributed by atoms with E-state index in [9.17, 15) is 43.2 Å². The lowest BCUT2D eigenvalue weighted by molar-refractivity contribution is -0.161. The summed E-state index contributed by atoms with van der Waals surface area (Å²) in [4.78, 5) is 72.5. The zero-order valence-corrected chi connectivity index (χ0v) is 59.1. The maximum atomic E-state index is 13.0. The molecule has 0 spiro atoms. The molecule has 88 heavy (non-hydrogen) atoms. The average molecular weight is 1300 g/mol. The molecule has 0 radical (unpaired) electrons. The second-order valence-corrected chi connectivity index (χ2v) is 29.5. The minimum absolute atomic E-state index is 0.103. The van der Waals surface area contributed by atoms with Crippen molar-refractivity contribution in [1.29, 1.82) is 0 Å². The molecule has 17 nitrogen and oxygen atoms in total. The van der Waals surface area contributed by atoms with Crippen molar-refractivity contribution >= 4 is 39.5 Å². The van der Waals surface area contributed by atoms with Crippen LogP contribution in [0.1, 0.15) is 338 Å². The first kappa shape index (κ1) is 86.1. The molecule has 0 aromatic heterocycles. The van der Waals surface area contributed by atoms with Crippen molar-refractivity contribution in [2.75, 3.05) is 39.6 Å². The van der Waals surface area contributed by atoms with E-state index in [0.29, 0.717) is 31.6 Å². The van der Waals surface area contributed by atoms with E-state index in [1.165, 1.54) is 141 Å². The largest absolute Gasteiger partial charge is 0.472 e. The Hall–Kier alpha value is -1.94. The lowest BCUT2D eigenvalue weighted by Gasteiger charge is -2.21. The highest BCUT2D eigenvalue weighted by atomic mass is 31.2. The number of phosphoric ester groups is 2. The van der Waals surface area contributed by atoms with Crippen molar-refractivity contribution in [2.24, 2.45) is 23.7 Å². The van der Waals surface area contributed by atoms with Crippen LogP contribution in [0.3, 0.4) is 0 Å².